The summed E-state index contributed by atoms with van der Waals surface area (Å²) in [5.74, 6) is -1.87. The molecule has 0 fully saturated rings. The van der Waals surface area contributed by atoms with E-state index in [4.69, 9.17) is 16.2 Å². The molecule has 0 spiro atoms. The highest BCUT2D eigenvalue weighted by Gasteiger charge is 2.30. The third-order valence-corrected chi connectivity index (χ3v) is 9.81. The minimum atomic E-state index is -4.28. The Labute approximate surface area is 280 Å². The van der Waals surface area contributed by atoms with Crippen LogP contribution in [0.25, 0.3) is 11.1 Å². The number of guanidine groups is 1. The standard InChI is InChI=1S/C32H35N7O7S2/c33-32(34)36-11-3-6-25(31(42)43)38-30(41)29-24(10-13-47-29)39-48(44,45)26-15-22(14-20-9-12-46-28(20)26)23-5-2-1-4-21(23)18-35-16-19-7-8-27(40)37-17-19/h1-2,4-5,7-8,10,13-15,17,25,35,39H,3,6,9,11-12,16,18H2,(H,37,40)(H,38,41)(H,42,43)(H4,33,34,36)/t25-/m0/s1. The molecule has 252 valence electrons. The molecule has 2 aromatic carbocycles. The summed E-state index contributed by atoms with van der Waals surface area (Å²) in [7, 11) is -4.28. The van der Waals surface area contributed by atoms with Crippen molar-refractivity contribution in [1.82, 2.24) is 15.6 Å². The number of amides is 1. The summed E-state index contributed by atoms with van der Waals surface area (Å²) in [5.41, 5.74) is 14.5. The van der Waals surface area contributed by atoms with E-state index in [9.17, 15) is 27.9 Å². The predicted molar refractivity (Wildman–Crippen MR) is 183 cm³/mol. The summed E-state index contributed by atoms with van der Waals surface area (Å²) < 4.78 is 36.2. The number of H-pyrrole nitrogens is 1. The van der Waals surface area contributed by atoms with E-state index in [1.807, 2.05) is 30.3 Å². The maximum Gasteiger partial charge on any atom is 0.326 e. The smallest absolute Gasteiger partial charge is 0.326 e. The van der Waals surface area contributed by atoms with Crippen molar-refractivity contribution >= 4 is 44.9 Å². The molecule has 3 heterocycles. The molecule has 1 aliphatic heterocycles. The molecule has 4 aromatic rings. The van der Waals surface area contributed by atoms with Crippen molar-refractivity contribution in [2.75, 3.05) is 17.9 Å². The topological polar surface area (TPSA) is 231 Å². The molecule has 0 saturated heterocycles. The van der Waals surface area contributed by atoms with E-state index in [1.165, 1.54) is 17.5 Å². The SMILES string of the molecule is NC(N)=NCCC[C@H](NC(=O)c1sccc1NS(=O)(=O)c1cc(-c2ccccc2CNCc2ccc(=O)[nH]c2)cc2c1OCC2)C(=O)O. The normalized spacial score (nSPS) is 12.8. The maximum atomic E-state index is 13.9. The number of sulfonamides is 1. The van der Waals surface area contributed by atoms with Crippen molar-refractivity contribution in [3.8, 4) is 16.9 Å². The van der Waals surface area contributed by atoms with Crippen molar-refractivity contribution in [1.29, 1.82) is 0 Å². The third kappa shape index (κ3) is 8.39. The van der Waals surface area contributed by atoms with E-state index in [0.717, 1.165) is 33.6 Å². The maximum absolute atomic E-state index is 13.9. The number of pyridine rings is 1. The molecule has 2 aromatic heterocycles. The van der Waals surface area contributed by atoms with Gasteiger partial charge in [-0.25, -0.2) is 13.2 Å². The fraction of sp³-hybridized carbons (Fsp3) is 0.250. The van der Waals surface area contributed by atoms with Crippen LogP contribution in [0.1, 0.15) is 39.2 Å². The summed E-state index contributed by atoms with van der Waals surface area (Å²) in [6.07, 6.45) is 2.53. The molecular weight excluding hydrogens is 659 g/mol. The summed E-state index contributed by atoms with van der Waals surface area (Å²) in [4.78, 5) is 42.7. The molecule has 0 unspecified atom stereocenters. The largest absolute Gasteiger partial charge is 0.492 e. The van der Waals surface area contributed by atoms with Crippen molar-refractivity contribution in [2.24, 2.45) is 16.5 Å². The van der Waals surface area contributed by atoms with Crippen LogP contribution in [0.5, 0.6) is 5.75 Å². The third-order valence-electron chi connectivity index (χ3n) is 7.53. The van der Waals surface area contributed by atoms with Crippen molar-refractivity contribution < 1.29 is 27.9 Å². The van der Waals surface area contributed by atoms with Gasteiger partial charge in [-0.3, -0.25) is 19.3 Å². The van der Waals surface area contributed by atoms with Crippen LogP contribution < -0.4 is 37.1 Å². The number of carboxylic acid groups (broad SMARTS) is 1. The number of aromatic nitrogens is 1. The van der Waals surface area contributed by atoms with Crippen LogP contribution in [0.15, 0.2) is 80.9 Å². The average Bonchev–Trinajstić information content (AvgIpc) is 3.72. The molecule has 0 bridgehead atoms. The number of hydrogen-bond donors (Lipinski definition) is 7. The zero-order chi connectivity index (χ0) is 34.3. The van der Waals surface area contributed by atoms with Gasteiger partial charge >= 0.3 is 5.97 Å². The van der Waals surface area contributed by atoms with Gasteiger partial charge in [-0.05, 0) is 64.2 Å². The van der Waals surface area contributed by atoms with Gasteiger partial charge in [0.2, 0.25) is 5.56 Å². The minimum absolute atomic E-state index is 0.00155. The summed E-state index contributed by atoms with van der Waals surface area (Å²) in [6, 6.07) is 14.5. The van der Waals surface area contributed by atoms with Gasteiger partial charge in [-0.1, -0.05) is 30.3 Å². The van der Waals surface area contributed by atoms with Gasteiger partial charge in [0.1, 0.15) is 21.6 Å². The number of aliphatic imine (C=N–C) groups is 1. The first-order valence-electron chi connectivity index (χ1n) is 15.0. The number of benzene rings is 2. The van der Waals surface area contributed by atoms with Gasteiger partial charge in [0.25, 0.3) is 15.9 Å². The molecule has 48 heavy (non-hydrogen) atoms. The highest BCUT2D eigenvalue weighted by atomic mass is 32.2. The molecule has 1 atom stereocenters. The molecule has 9 N–H and O–H groups in total. The van der Waals surface area contributed by atoms with Crippen LogP contribution in [-0.2, 0) is 34.3 Å². The van der Waals surface area contributed by atoms with Gasteiger partial charge in [0.15, 0.2) is 5.96 Å². The molecule has 14 nitrogen and oxygen atoms in total. The Kier molecular flexibility index (Phi) is 10.8. The Morgan fingerprint density at radius 1 is 1.10 bits per heavy atom. The Bertz CT molecular complexity index is 1980. The van der Waals surface area contributed by atoms with Crippen LogP contribution >= 0.6 is 11.3 Å². The molecular formula is C32H35N7O7S2. The van der Waals surface area contributed by atoms with E-state index in [2.05, 4.69) is 25.3 Å². The lowest BCUT2D eigenvalue weighted by molar-refractivity contribution is -0.139. The number of nitrogens with one attached hydrogen (secondary N) is 4. The van der Waals surface area contributed by atoms with Crippen LogP contribution in [0.3, 0.4) is 0 Å². The number of anilines is 1. The number of thiophene rings is 1. The van der Waals surface area contributed by atoms with Crippen LogP contribution in [0, 0.1) is 0 Å². The number of nitrogens with zero attached hydrogens (tertiary/aromatic N) is 1. The number of aromatic amines is 1. The second-order valence-corrected chi connectivity index (χ2v) is 13.5. The highest BCUT2D eigenvalue weighted by Crippen LogP contribution is 2.39. The molecule has 1 aliphatic rings. The minimum Gasteiger partial charge on any atom is -0.492 e. The Balaban J connectivity index is 1.36. The first-order chi connectivity index (χ1) is 23.0. The number of carbonyl (C=O) groups is 2. The summed E-state index contributed by atoms with van der Waals surface area (Å²) in [6.45, 7) is 1.49. The van der Waals surface area contributed by atoms with Gasteiger partial charge in [-0.15, -0.1) is 11.3 Å². The van der Waals surface area contributed by atoms with Gasteiger partial charge in [-0.2, -0.15) is 0 Å². The Hall–Kier alpha value is -5.19. The predicted octanol–water partition coefficient (Wildman–Crippen LogP) is 2.37. The lowest BCUT2D eigenvalue weighted by atomic mass is 9.97. The van der Waals surface area contributed by atoms with E-state index in [1.54, 1.807) is 18.3 Å². The fourth-order valence-electron chi connectivity index (χ4n) is 5.23. The number of aliphatic carboxylic acids is 1. The molecule has 0 saturated carbocycles. The second kappa shape index (κ2) is 15.1. The highest BCUT2D eigenvalue weighted by molar-refractivity contribution is 7.92. The van der Waals surface area contributed by atoms with Crippen molar-refractivity contribution in [3.63, 3.8) is 0 Å². The molecule has 0 radical (unpaired) electrons. The van der Waals surface area contributed by atoms with Crippen LogP contribution in [-0.4, -0.2) is 55.5 Å². The second-order valence-electron chi connectivity index (χ2n) is 11.0. The first kappa shape index (κ1) is 34.2. The number of ether oxygens (including phenoxy) is 1. The molecule has 16 heteroatoms. The van der Waals surface area contributed by atoms with Crippen LogP contribution in [0.2, 0.25) is 0 Å². The van der Waals surface area contributed by atoms with Crippen LogP contribution in [0.4, 0.5) is 5.69 Å². The van der Waals surface area contributed by atoms with Crippen molar-refractivity contribution in [3.05, 3.63) is 98.1 Å². The van der Waals surface area contributed by atoms with Crippen molar-refractivity contribution in [2.45, 2.75) is 43.3 Å². The molecule has 5 rings (SSSR count). The number of carbonyl (C=O) groups excluding carboxylic acids is 1. The number of hydrogen-bond acceptors (Lipinski definition) is 9. The number of nitrogens with two attached hydrogens (primary N) is 2. The average molecular weight is 694 g/mol. The van der Waals surface area contributed by atoms with E-state index in [-0.39, 0.29) is 45.7 Å². The first-order valence-corrected chi connectivity index (χ1v) is 17.3. The molecule has 1 amide bonds. The van der Waals surface area contributed by atoms with E-state index >= 15 is 0 Å². The quantitative estimate of drug-likeness (QED) is 0.0546. The summed E-state index contributed by atoms with van der Waals surface area (Å²) in [5, 5.41) is 17.0. The van der Waals surface area contributed by atoms with E-state index < -0.39 is 27.9 Å². The number of rotatable bonds is 15. The van der Waals surface area contributed by atoms with Gasteiger partial charge in [0.05, 0.1) is 12.3 Å². The monoisotopic (exact) mass is 693 g/mol. The fourth-order valence-corrected chi connectivity index (χ4v) is 7.33. The molecule has 0 aliphatic carbocycles. The van der Waals surface area contributed by atoms with Gasteiger partial charge < -0.3 is 36.9 Å². The number of fused-ring (bicyclic) bond motifs is 1. The lowest BCUT2D eigenvalue weighted by Crippen LogP contribution is -2.40. The van der Waals surface area contributed by atoms with E-state index in [0.29, 0.717) is 38.1 Å². The zero-order valence-electron chi connectivity index (χ0n) is 25.7. The Morgan fingerprint density at radius 3 is 2.67 bits per heavy atom. The number of carboxylic acids is 1. The summed E-state index contributed by atoms with van der Waals surface area (Å²) >= 11 is 0.971. The zero-order valence-corrected chi connectivity index (χ0v) is 27.3. The lowest BCUT2D eigenvalue weighted by Gasteiger charge is -2.17. The van der Waals surface area contributed by atoms with Gasteiger partial charge in [0, 0.05) is 38.3 Å². The Morgan fingerprint density at radius 2 is 1.92 bits per heavy atom.